The lowest BCUT2D eigenvalue weighted by atomic mass is 10.0. The van der Waals surface area contributed by atoms with Crippen LogP contribution in [-0.4, -0.2) is 27.8 Å². The van der Waals surface area contributed by atoms with Crippen molar-refractivity contribution in [2.75, 3.05) is 17.7 Å². The summed E-state index contributed by atoms with van der Waals surface area (Å²) >= 11 is 0. The number of methoxy groups -OCH3 is 1. The fourth-order valence-corrected chi connectivity index (χ4v) is 3.77. The summed E-state index contributed by atoms with van der Waals surface area (Å²) < 4.78 is 20.4. The van der Waals surface area contributed by atoms with Gasteiger partial charge in [-0.25, -0.2) is 9.07 Å². The quantitative estimate of drug-likeness (QED) is 0.384. The Hall–Kier alpha value is -4.72. The highest BCUT2D eigenvalue weighted by Gasteiger charge is 2.25. The van der Waals surface area contributed by atoms with E-state index in [0.717, 1.165) is 28.1 Å². The first-order chi connectivity index (χ1) is 17.1. The van der Waals surface area contributed by atoms with E-state index in [-0.39, 0.29) is 23.7 Å². The Morgan fingerprint density at radius 1 is 1.06 bits per heavy atom. The second-order valence-electron chi connectivity index (χ2n) is 7.87. The number of hydrogen-bond acceptors (Lipinski definition) is 5. The van der Waals surface area contributed by atoms with Crippen molar-refractivity contribution in [2.45, 2.75) is 6.04 Å². The molecular formula is C27H22FN5O2. The number of halogens is 1. The normalized spacial score (nSPS) is 14.7. The Morgan fingerprint density at radius 3 is 2.51 bits per heavy atom. The third-order valence-corrected chi connectivity index (χ3v) is 5.54. The van der Waals surface area contributed by atoms with Crippen LogP contribution in [0.25, 0.3) is 11.8 Å². The molecule has 0 bridgehead atoms. The largest absolute Gasteiger partial charge is 0.497 e. The van der Waals surface area contributed by atoms with Gasteiger partial charge in [0.2, 0.25) is 5.95 Å². The van der Waals surface area contributed by atoms with E-state index in [1.165, 1.54) is 18.2 Å². The minimum Gasteiger partial charge on any atom is -0.497 e. The molecule has 7 nitrogen and oxygen atoms in total. The Kier molecular flexibility index (Phi) is 6.09. The van der Waals surface area contributed by atoms with Gasteiger partial charge in [-0.3, -0.25) is 10.1 Å². The molecule has 0 aliphatic carbocycles. The van der Waals surface area contributed by atoms with E-state index in [4.69, 9.17) is 4.74 Å². The molecule has 174 valence electrons. The van der Waals surface area contributed by atoms with Crippen molar-refractivity contribution in [1.29, 1.82) is 0 Å². The third kappa shape index (κ3) is 4.96. The predicted octanol–water partition coefficient (Wildman–Crippen LogP) is 5.13. The monoisotopic (exact) mass is 467 g/mol. The SMILES string of the molecule is COc1ccc(/C=C/C(=O)Nc2nc3n(n2)[C@@H](c2ccc(F)cc2)C=C(c2ccccc2)N3)cc1. The molecular weight excluding hydrogens is 445 g/mol. The summed E-state index contributed by atoms with van der Waals surface area (Å²) in [5.41, 5.74) is 3.51. The molecule has 3 aromatic carbocycles. The van der Waals surface area contributed by atoms with E-state index in [9.17, 15) is 9.18 Å². The maximum absolute atomic E-state index is 13.5. The van der Waals surface area contributed by atoms with Crippen molar-refractivity contribution in [3.05, 3.63) is 114 Å². The highest BCUT2D eigenvalue weighted by Crippen LogP contribution is 2.33. The number of allylic oxidation sites excluding steroid dienone is 1. The Balaban J connectivity index is 1.40. The molecule has 1 atom stereocenters. The van der Waals surface area contributed by atoms with E-state index >= 15 is 0 Å². The number of benzene rings is 3. The lowest BCUT2D eigenvalue weighted by Gasteiger charge is -2.24. The number of nitrogens with zero attached hydrogens (tertiary/aromatic N) is 3. The van der Waals surface area contributed by atoms with Crippen LogP contribution in [0.1, 0.15) is 22.7 Å². The van der Waals surface area contributed by atoms with Crippen LogP contribution in [0.5, 0.6) is 5.75 Å². The van der Waals surface area contributed by atoms with Gasteiger partial charge in [-0.1, -0.05) is 54.6 Å². The van der Waals surface area contributed by atoms with Gasteiger partial charge < -0.3 is 10.1 Å². The molecule has 1 aliphatic heterocycles. The van der Waals surface area contributed by atoms with Crippen molar-refractivity contribution in [1.82, 2.24) is 14.8 Å². The number of hydrogen-bond donors (Lipinski definition) is 2. The molecule has 1 aromatic heterocycles. The van der Waals surface area contributed by atoms with Gasteiger partial charge in [0, 0.05) is 11.8 Å². The summed E-state index contributed by atoms with van der Waals surface area (Å²) in [5.74, 6) is 0.691. The van der Waals surface area contributed by atoms with E-state index in [0.29, 0.717) is 5.95 Å². The number of nitrogens with one attached hydrogen (secondary N) is 2. The molecule has 2 heterocycles. The second kappa shape index (κ2) is 9.64. The zero-order valence-electron chi connectivity index (χ0n) is 18.9. The number of rotatable bonds is 6. The van der Waals surface area contributed by atoms with Crippen LogP contribution >= 0.6 is 0 Å². The molecule has 1 aliphatic rings. The zero-order valence-corrected chi connectivity index (χ0v) is 18.9. The van der Waals surface area contributed by atoms with E-state index < -0.39 is 0 Å². The van der Waals surface area contributed by atoms with Crippen LogP contribution < -0.4 is 15.4 Å². The maximum Gasteiger partial charge on any atom is 0.250 e. The van der Waals surface area contributed by atoms with Crippen LogP contribution in [0.2, 0.25) is 0 Å². The van der Waals surface area contributed by atoms with Gasteiger partial charge in [-0.15, -0.1) is 5.10 Å². The summed E-state index contributed by atoms with van der Waals surface area (Å²) in [5, 5.41) is 10.5. The summed E-state index contributed by atoms with van der Waals surface area (Å²) in [6.45, 7) is 0. The number of aromatic nitrogens is 3. The summed E-state index contributed by atoms with van der Waals surface area (Å²) in [4.78, 5) is 17.0. The molecule has 0 unspecified atom stereocenters. The molecule has 0 spiro atoms. The summed E-state index contributed by atoms with van der Waals surface area (Å²) in [6.07, 6.45) is 5.11. The van der Waals surface area contributed by atoms with Crippen LogP contribution in [0.15, 0.2) is 91.0 Å². The molecule has 0 saturated carbocycles. The van der Waals surface area contributed by atoms with Gasteiger partial charge in [0.25, 0.3) is 11.9 Å². The Morgan fingerprint density at radius 2 is 1.80 bits per heavy atom. The van der Waals surface area contributed by atoms with Gasteiger partial charge in [0.15, 0.2) is 0 Å². The average molecular weight is 468 g/mol. The highest BCUT2D eigenvalue weighted by atomic mass is 19.1. The molecule has 1 amide bonds. The van der Waals surface area contributed by atoms with E-state index in [2.05, 4.69) is 20.7 Å². The van der Waals surface area contributed by atoms with Crippen molar-refractivity contribution in [3.8, 4) is 5.75 Å². The number of fused-ring (bicyclic) bond motifs is 1. The minimum absolute atomic E-state index is 0.159. The number of anilines is 2. The highest BCUT2D eigenvalue weighted by molar-refractivity contribution is 6.01. The van der Waals surface area contributed by atoms with Crippen LogP contribution in [0.4, 0.5) is 16.3 Å². The van der Waals surface area contributed by atoms with Crippen LogP contribution in [0.3, 0.4) is 0 Å². The standard InChI is InChI=1S/C27H22FN5O2/c1-35-22-14-7-18(8-15-22)9-16-25(34)30-26-31-27-29-23(19-5-3-2-4-6-19)17-24(33(27)32-26)20-10-12-21(28)13-11-20/h2-17,24H,1H3,(H2,29,30,31,32,34)/b16-9+/t24-/m1/s1. The topological polar surface area (TPSA) is 81.1 Å². The molecule has 35 heavy (non-hydrogen) atoms. The Labute approximate surface area is 201 Å². The third-order valence-electron chi connectivity index (χ3n) is 5.54. The number of carbonyl (C=O) groups excluding carboxylic acids is 1. The van der Waals surface area contributed by atoms with E-state index in [1.54, 1.807) is 30.0 Å². The fourth-order valence-electron chi connectivity index (χ4n) is 3.77. The fraction of sp³-hybridized carbons (Fsp3) is 0.0741. The number of ether oxygens (including phenoxy) is 1. The van der Waals surface area contributed by atoms with E-state index in [1.807, 2.05) is 60.7 Å². The molecule has 8 heteroatoms. The first-order valence-corrected chi connectivity index (χ1v) is 11.0. The average Bonchev–Trinajstić information content (AvgIpc) is 3.30. The summed E-state index contributed by atoms with van der Waals surface area (Å²) in [7, 11) is 1.60. The lowest BCUT2D eigenvalue weighted by molar-refractivity contribution is -0.111. The van der Waals surface area contributed by atoms with Crippen LogP contribution in [-0.2, 0) is 4.79 Å². The van der Waals surface area contributed by atoms with Crippen molar-refractivity contribution >= 4 is 29.6 Å². The minimum atomic E-state index is -0.363. The molecule has 2 N–H and O–H groups in total. The molecule has 5 rings (SSSR count). The van der Waals surface area contributed by atoms with Crippen molar-refractivity contribution in [2.24, 2.45) is 0 Å². The number of amides is 1. The smallest absolute Gasteiger partial charge is 0.250 e. The molecule has 4 aromatic rings. The number of carbonyl (C=O) groups is 1. The Bertz CT molecular complexity index is 1390. The van der Waals surface area contributed by atoms with Crippen molar-refractivity contribution < 1.29 is 13.9 Å². The van der Waals surface area contributed by atoms with Crippen LogP contribution in [0, 0.1) is 5.82 Å². The first kappa shape index (κ1) is 22.1. The summed E-state index contributed by atoms with van der Waals surface area (Å²) in [6, 6.07) is 23.1. The molecule has 0 radical (unpaired) electrons. The van der Waals surface area contributed by atoms with Gasteiger partial charge in [-0.2, -0.15) is 4.98 Å². The maximum atomic E-state index is 13.5. The predicted molar refractivity (Wildman–Crippen MR) is 133 cm³/mol. The zero-order chi connectivity index (χ0) is 24.2. The van der Waals surface area contributed by atoms with Gasteiger partial charge in [0.05, 0.1) is 7.11 Å². The van der Waals surface area contributed by atoms with Gasteiger partial charge >= 0.3 is 0 Å². The molecule has 0 fully saturated rings. The van der Waals surface area contributed by atoms with Gasteiger partial charge in [0.1, 0.15) is 17.6 Å². The lowest BCUT2D eigenvalue weighted by Crippen LogP contribution is -2.20. The second-order valence-corrected chi connectivity index (χ2v) is 7.87. The molecule has 0 saturated heterocycles. The first-order valence-electron chi connectivity index (χ1n) is 11.0. The van der Waals surface area contributed by atoms with Crippen molar-refractivity contribution in [3.63, 3.8) is 0 Å². The van der Waals surface area contributed by atoms with Gasteiger partial charge in [-0.05, 0) is 53.1 Å².